The monoisotopic (exact) mass is 575 g/mol. The molecule has 6 nitrogen and oxygen atoms in total. The number of alkyl halides is 3. The number of nitrogens with one attached hydrogen (secondary N) is 1. The standard InChI is InChI=1S/C28H22Cl2F3N3O3/c1-16-25(36(2)24(37)14-34-27(38)17-8-3-5-10-20(17)28(31,32)33)26(18-9-4-6-13-23(18)35-16)39-15-19-21(29)11-7-12-22(19)30/h3-13H,14-15H2,1-2H3,(H,34,38). The third kappa shape index (κ3) is 6.10. The van der Waals surface area contributed by atoms with E-state index in [1.165, 1.54) is 24.1 Å². The Labute approximate surface area is 232 Å². The summed E-state index contributed by atoms with van der Waals surface area (Å²) < 4.78 is 46.2. The van der Waals surface area contributed by atoms with E-state index in [4.69, 9.17) is 27.9 Å². The summed E-state index contributed by atoms with van der Waals surface area (Å²) in [5, 5.41) is 3.71. The second kappa shape index (κ2) is 11.5. The van der Waals surface area contributed by atoms with Crippen molar-refractivity contribution in [1.82, 2.24) is 10.3 Å². The zero-order valence-corrected chi connectivity index (χ0v) is 22.3. The molecule has 3 aromatic carbocycles. The van der Waals surface area contributed by atoms with Crippen LogP contribution in [-0.4, -0.2) is 30.4 Å². The van der Waals surface area contributed by atoms with Gasteiger partial charge in [0.25, 0.3) is 5.91 Å². The molecule has 0 aliphatic carbocycles. The molecular formula is C28H22Cl2F3N3O3. The highest BCUT2D eigenvalue weighted by atomic mass is 35.5. The van der Waals surface area contributed by atoms with Gasteiger partial charge in [0.1, 0.15) is 12.3 Å². The van der Waals surface area contributed by atoms with Gasteiger partial charge >= 0.3 is 6.18 Å². The van der Waals surface area contributed by atoms with E-state index in [-0.39, 0.29) is 6.61 Å². The van der Waals surface area contributed by atoms with E-state index in [0.717, 1.165) is 12.1 Å². The van der Waals surface area contributed by atoms with E-state index >= 15 is 0 Å². The van der Waals surface area contributed by atoms with Gasteiger partial charge in [-0.3, -0.25) is 14.6 Å². The Kier molecular flexibility index (Phi) is 8.32. The number of para-hydroxylation sites is 1. The minimum absolute atomic E-state index is 0.00799. The van der Waals surface area contributed by atoms with E-state index in [2.05, 4.69) is 10.3 Å². The molecule has 1 aromatic heterocycles. The fraction of sp³-hybridized carbons (Fsp3) is 0.179. The molecule has 39 heavy (non-hydrogen) atoms. The fourth-order valence-electron chi connectivity index (χ4n) is 4.07. The Morgan fingerprint density at radius 2 is 1.62 bits per heavy atom. The van der Waals surface area contributed by atoms with Crippen molar-refractivity contribution >= 4 is 51.6 Å². The van der Waals surface area contributed by atoms with E-state index in [9.17, 15) is 22.8 Å². The number of rotatable bonds is 7. The molecule has 0 bridgehead atoms. The summed E-state index contributed by atoms with van der Waals surface area (Å²) in [7, 11) is 1.46. The lowest BCUT2D eigenvalue weighted by atomic mass is 10.1. The maximum atomic E-state index is 13.3. The van der Waals surface area contributed by atoms with E-state index in [1.54, 1.807) is 43.3 Å². The van der Waals surface area contributed by atoms with Crippen molar-refractivity contribution in [3.63, 3.8) is 0 Å². The summed E-state index contributed by atoms with van der Waals surface area (Å²) >= 11 is 12.6. The molecule has 0 aliphatic rings. The number of anilines is 1. The number of aromatic nitrogens is 1. The van der Waals surface area contributed by atoms with Gasteiger partial charge in [-0.05, 0) is 43.3 Å². The number of likely N-dealkylation sites (N-methyl/N-ethyl adjacent to an activating group) is 1. The molecule has 4 rings (SSSR count). The number of carbonyl (C=O) groups is 2. The highest BCUT2D eigenvalue weighted by Crippen LogP contribution is 2.39. The number of ether oxygens (including phenoxy) is 1. The lowest BCUT2D eigenvalue weighted by molar-refractivity contribution is -0.137. The summed E-state index contributed by atoms with van der Waals surface area (Å²) in [4.78, 5) is 31.5. The van der Waals surface area contributed by atoms with Crippen molar-refractivity contribution in [2.45, 2.75) is 19.7 Å². The van der Waals surface area contributed by atoms with Gasteiger partial charge in [0, 0.05) is 28.0 Å². The maximum absolute atomic E-state index is 13.3. The van der Waals surface area contributed by atoms with Crippen LogP contribution >= 0.6 is 23.2 Å². The molecule has 4 aromatic rings. The van der Waals surface area contributed by atoms with Gasteiger partial charge in [-0.15, -0.1) is 0 Å². The summed E-state index contributed by atoms with van der Waals surface area (Å²) in [6.07, 6.45) is -4.72. The average molecular weight is 576 g/mol. The number of carbonyl (C=O) groups excluding carboxylic acids is 2. The molecule has 0 saturated heterocycles. The number of benzene rings is 3. The fourth-order valence-corrected chi connectivity index (χ4v) is 4.57. The highest BCUT2D eigenvalue weighted by molar-refractivity contribution is 6.36. The largest absolute Gasteiger partial charge is 0.486 e. The van der Waals surface area contributed by atoms with Gasteiger partial charge < -0.3 is 15.0 Å². The van der Waals surface area contributed by atoms with Crippen molar-refractivity contribution in [2.24, 2.45) is 0 Å². The van der Waals surface area contributed by atoms with Gasteiger partial charge in [0.15, 0.2) is 5.75 Å². The molecule has 0 unspecified atom stereocenters. The normalized spacial score (nSPS) is 11.4. The van der Waals surface area contributed by atoms with Crippen LogP contribution in [0.25, 0.3) is 10.9 Å². The van der Waals surface area contributed by atoms with Crippen molar-refractivity contribution in [1.29, 1.82) is 0 Å². The smallest absolute Gasteiger partial charge is 0.417 e. The zero-order valence-electron chi connectivity index (χ0n) is 20.8. The first-order chi connectivity index (χ1) is 18.5. The lowest BCUT2D eigenvalue weighted by Crippen LogP contribution is -2.39. The van der Waals surface area contributed by atoms with Gasteiger partial charge in [0.2, 0.25) is 5.91 Å². The number of halogens is 5. The third-order valence-electron chi connectivity index (χ3n) is 6.00. The van der Waals surface area contributed by atoms with Gasteiger partial charge in [-0.25, -0.2) is 0 Å². The molecule has 1 N–H and O–H groups in total. The maximum Gasteiger partial charge on any atom is 0.417 e. The van der Waals surface area contributed by atoms with Crippen LogP contribution in [0.3, 0.4) is 0 Å². The molecule has 202 valence electrons. The topological polar surface area (TPSA) is 71.5 Å². The molecule has 0 fully saturated rings. The van der Waals surface area contributed by atoms with Crippen molar-refractivity contribution < 1.29 is 27.5 Å². The van der Waals surface area contributed by atoms with Crippen molar-refractivity contribution in [3.8, 4) is 5.75 Å². The molecule has 0 atom stereocenters. The minimum Gasteiger partial charge on any atom is -0.486 e. The number of pyridine rings is 1. The summed E-state index contributed by atoms with van der Waals surface area (Å²) in [5.74, 6) is -1.30. The summed E-state index contributed by atoms with van der Waals surface area (Å²) in [6, 6.07) is 16.6. The molecule has 0 saturated carbocycles. The molecule has 0 spiro atoms. The number of hydrogen-bond acceptors (Lipinski definition) is 4. The third-order valence-corrected chi connectivity index (χ3v) is 6.71. The van der Waals surface area contributed by atoms with Crippen LogP contribution in [0.4, 0.5) is 18.9 Å². The van der Waals surface area contributed by atoms with Crippen LogP contribution in [0.1, 0.15) is 27.2 Å². The number of fused-ring (bicyclic) bond motifs is 1. The first kappa shape index (κ1) is 28.2. The summed E-state index contributed by atoms with van der Waals surface area (Å²) in [5.41, 5.74) is 0.286. The number of amides is 2. The van der Waals surface area contributed by atoms with Crippen LogP contribution in [0, 0.1) is 6.92 Å². The molecule has 1 heterocycles. The van der Waals surface area contributed by atoms with E-state index in [1.807, 2.05) is 6.07 Å². The lowest BCUT2D eigenvalue weighted by Gasteiger charge is -2.24. The quantitative estimate of drug-likeness (QED) is 0.262. The highest BCUT2D eigenvalue weighted by Gasteiger charge is 2.35. The van der Waals surface area contributed by atoms with Gasteiger partial charge in [-0.1, -0.05) is 53.5 Å². The van der Waals surface area contributed by atoms with Crippen molar-refractivity contribution in [3.05, 3.63) is 99.2 Å². The zero-order chi connectivity index (χ0) is 28.3. The average Bonchev–Trinajstić information content (AvgIpc) is 2.90. The van der Waals surface area contributed by atoms with Crippen LogP contribution in [0.2, 0.25) is 10.0 Å². The number of aryl methyl sites for hydroxylation is 1. The van der Waals surface area contributed by atoms with E-state index < -0.39 is 35.7 Å². The van der Waals surface area contributed by atoms with Crippen LogP contribution in [-0.2, 0) is 17.6 Å². The first-order valence-electron chi connectivity index (χ1n) is 11.6. The molecule has 2 amide bonds. The molecular weight excluding hydrogens is 554 g/mol. The van der Waals surface area contributed by atoms with Gasteiger partial charge in [0.05, 0.1) is 28.9 Å². The second-order valence-corrected chi connectivity index (χ2v) is 9.37. The second-order valence-electron chi connectivity index (χ2n) is 8.56. The Balaban J connectivity index is 1.62. The SMILES string of the molecule is Cc1nc2ccccc2c(OCc2c(Cl)cccc2Cl)c1N(C)C(=O)CNC(=O)c1ccccc1C(F)(F)F. The Morgan fingerprint density at radius 1 is 0.974 bits per heavy atom. The Hall–Kier alpha value is -3.82. The van der Waals surface area contributed by atoms with Gasteiger partial charge in [-0.2, -0.15) is 13.2 Å². The molecule has 0 radical (unpaired) electrons. The predicted molar refractivity (Wildman–Crippen MR) is 144 cm³/mol. The van der Waals surface area contributed by atoms with E-state index in [0.29, 0.717) is 43.6 Å². The van der Waals surface area contributed by atoms with Crippen LogP contribution in [0.15, 0.2) is 66.7 Å². The molecule has 0 aliphatic heterocycles. The molecule has 11 heteroatoms. The Bertz CT molecular complexity index is 1540. The van der Waals surface area contributed by atoms with Crippen LogP contribution < -0.4 is 15.0 Å². The van der Waals surface area contributed by atoms with Crippen LogP contribution in [0.5, 0.6) is 5.75 Å². The summed E-state index contributed by atoms with van der Waals surface area (Å²) in [6.45, 7) is 1.12. The van der Waals surface area contributed by atoms with Crippen molar-refractivity contribution in [2.75, 3.05) is 18.5 Å². The first-order valence-corrected chi connectivity index (χ1v) is 12.4. The minimum atomic E-state index is -4.72. The predicted octanol–water partition coefficient (Wildman–Crippen LogP) is 6.84. The number of hydrogen-bond donors (Lipinski definition) is 1. The Morgan fingerprint density at radius 3 is 2.31 bits per heavy atom. The number of nitrogens with zero attached hydrogens (tertiary/aromatic N) is 2.